The van der Waals surface area contributed by atoms with E-state index in [0.717, 1.165) is 19.3 Å². The van der Waals surface area contributed by atoms with Crippen LogP contribution in [-0.2, 0) is 4.79 Å². The summed E-state index contributed by atoms with van der Waals surface area (Å²) < 4.78 is 0. The van der Waals surface area contributed by atoms with Crippen molar-refractivity contribution < 1.29 is 14.7 Å². The molecule has 0 radical (unpaired) electrons. The Balaban J connectivity index is 3.93. The number of urea groups is 1. The van der Waals surface area contributed by atoms with E-state index in [4.69, 9.17) is 5.11 Å². The lowest BCUT2D eigenvalue weighted by Crippen LogP contribution is -2.44. The van der Waals surface area contributed by atoms with Gasteiger partial charge in [-0.1, -0.05) is 40.0 Å². The van der Waals surface area contributed by atoms with Gasteiger partial charge in [0.1, 0.15) is 0 Å². The third-order valence-corrected chi connectivity index (χ3v) is 3.22. The Morgan fingerprint density at radius 1 is 1.16 bits per heavy atom. The van der Waals surface area contributed by atoms with Crippen LogP contribution < -0.4 is 10.6 Å². The van der Waals surface area contributed by atoms with Crippen LogP contribution in [0.25, 0.3) is 0 Å². The van der Waals surface area contributed by atoms with Crippen LogP contribution >= 0.6 is 0 Å². The second-order valence-corrected chi connectivity index (χ2v) is 5.44. The molecule has 5 heteroatoms. The van der Waals surface area contributed by atoms with Gasteiger partial charge < -0.3 is 15.7 Å². The lowest BCUT2D eigenvalue weighted by atomic mass is 9.96. The number of aliphatic carboxylic acids is 1. The van der Waals surface area contributed by atoms with Gasteiger partial charge in [0.15, 0.2) is 0 Å². The summed E-state index contributed by atoms with van der Waals surface area (Å²) in [5, 5.41) is 14.5. The lowest BCUT2D eigenvalue weighted by molar-refractivity contribution is -0.142. The molecule has 0 aliphatic rings. The van der Waals surface area contributed by atoms with E-state index >= 15 is 0 Å². The molecule has 0 fully saturated rings. The van der Waals surface area contributed by atoms with Gasteiger partial charge in [-0.05, 0) is 19.3 Å². The summed E-state index contributed by atoms with van der Waals surface area (Å²) in [6.45, 7) is 7.95. The summed E-state index contributed by atoms with van der Waals surface area (Å²) in [6.07, 6.45) is 4.38. The van der Waals surface area contributed by atoms with E-state index in [9.17, 15) is 9.59 Å². The summed E-state index contributed by atoms with van der Waals surface area (Å²) in [5.41, 5.74) is 0. The Bertz CT molecular complexity index is 280. The van der Waals surface area contributed by atoms with Crippen LogP contribution in [0.5, 0.6) is 0 Å². The second-order valence-electron chi connectivity index (χ2n) is 5.44. The van der Waals surface area contributed by atoms with E-state index in [0.29, 0.717) is 0 Å². The zero-order valence-electron chi connectivity index (χ0n) is 12.5. The minimum Gasteiger partial charge on any atom is -0.481 e. The Labute approximate surface area is 116 Å². The molecule has 0 rings (SSSR count). The third-order valence-electron chi connectivity index (χ3n) is 3.22. The van der Waals surface area contributed by atoms with Gasteiger partial charge in [0.2, 0.25) is 0 Å². The average Bonchev–Trinajstić information content (AvgIpc) is 2.28. The van der Waals surface area contributed by atoms with Crippen molar-refractivity contribution in [3.63, 3.8) is 0 Å². The molecule has 0 aromatic heterocycles. The number of nitrogens with one attached hydrogen (secondary N) is 2. The van der Waals surface area contributed by atoms with Crippen molar-refractivity contribution in [2.45, 2.75) is 59.4 Å². The fraction of sp³-hybridized carbons (Fsp3) is 0.857. The molecule has 19 heavy (non-hydrogen) atoms. The number of carboxylic acids is 1. The van der Waals surface area contributed by atoms with Crippen molar-refractivity contribution in [3.8, 4) is 0 Å². The van der Waals surface area contributed by atoms with E-state index in [1.165, 1.54) is 6.42 Å². The van der Waals surface area contributed by atoms with Crippen molar-refractivity contribution in [2.75, 3.05) is 6.54 Å². The van der Waals surface area contributed by atoms with E-state index in [2.05, 4.69) is 17.6 Å². The first kappa shape index (κ1) is 17.7. The highest BCUT2D eigenvalue weighted by atomic mass is 16.4. The van der Waals surface area contributed by atoms with Gasteiger partial charge in [0.25, 0.3) is 0 Å². The fourth-order valence-electron chi connectivity index (χ4n) is 1.86. The van der Waals surface area contributed by atoms with Crippen LogP contribution in [-0.4, -0.2) is 29.7 Å². The summed E-state index contributed by atoms with van der Waals surface area (Å²) in [4.78, 5) is 22.6. The second kappa shape index (κ2) is 9.64. The minimum absolute atomic E-state index is 0.000206. The predicted octanol–water partition coefficient (Wildman–Crippen LogP) is 2.61. The first-order valence-electron chi connectivity index (χ1n) is 7.15. The molecule has 0 spiro atoms. The fourth-order valence-corrected chi connectivity index (χ4v) is 1.86. The maximum Gasteiger partial charge on any atom is 0.315 e. The predicted molar refractivity (Wildman–Crippen MR) is 76.1 cm³/mol. The maximum atomic E-state index is 11.6. The SMILES string of the molecule is CCCCCC(C)NC(=O)NCC(C(=O)O)C(C)C. The molecule has 112 valence electrons. The molecule has 2 atom stereocenters. The van der Waals surface area contributed by atoms with Gasteiger partial charge in [0, 0.05) is 12.6 Å². The van der Waals surface area contributed by atoms with Crippen molar-refractivity contribution in [1.29, 1.82) is 0 Å². The maximum absolute atomic E-state index is 11.6. The Hall–Kier alpha value is -1.26. The molecule has 0 heterocycles. The smallest absolute Gasteiger partial charge is 0.315 e. The quantitative estimate of drug-likeness (QED) is 0.564. The molecular formula is C14H28N2O3. The van der Waals surface area contributed by atoms with Gasteiger partial charge in [-0.15, -0.1) is 0 Å². The zero-order chi connectivity index (χ0) is 14.8. The minimum atomic E-state index is -0.869. The normalized spacial score (nSPS) is 13.9. The standard InChI is InChI=1S/C14H28N2O3/c1-5-6-7-8-11(4)16-14(19)15-9-12(10(2)3)13(17)18/h10-12H,5-9H2,1-4H3,(H,17,18)(H2,15,16,19). The summed E-state index contributed by atoms with van der Waals surface area (Å²) in [7, 11) is 0. The van der Waals surface area contributed by atoms with E-state index in [1.54, 1.807) is 0 Å². The number of hydrogen-bond acceptors (Lipinski definition) is 2. The Morgan fingerprint density at radius 3 is 2.26 bits per heavy atom. The molecule has 0 saturated heterocycles. The van der Waals surface area contributed by atoms with Crippen molar-refractivity contribution in [2.24, 2.45) is 11.8 Å². The molecule has 0 aliphatic heterocycles. The van der Waals surface area contributed by atoms with Crippen LogP contribution in [0.4, 0.5) is 4.79 Å². The van der Waals surface area contributed by atoms with E-state index in [-0.39, 0.29) is 24.5 Å². The lowest BCUT2D eigenvalue weighted by Gasteiger charge is -2.19. The summed E-state index contributed by atoms with van der Waals surface area (Å²) >= 11 is 0. The number of carbonyl (C=O) groups excluding carboxylic acids is 1. The molecule has 0 aliphatic carbocycles. The molecule has 0 bridgehead atoms. The topological polar surface area (TPSA) is 78.4 Å². The van der Waals surface area contributed by atoms with Crippen molar-refractivity contribution >= 4 is 12.0 Å². The highest BCUT2D eigenvalue weighted by Gasteiger charge is 2.22. The number of carboxylic acid groups (broad SMARTS) is 1. The number of carbonyl (C=O) groups is 2. The van der Waals surface area contributed by atoms with Gasteiger partial charge in [-0.25, -0.2) is 4.79 Å². The molecule has 0 aromatic carbocycles. The number of rotatable bonds is 9. The largest absolute Gasteiger partial charge is 0.481 e. The third kappa shape index (κ3) is 8.46. The van der Waals surface area contributed by atoms with Gasteiger partial charge >= 0.3 is 12.0 Å². The van der Waals surface area contributed by atoms with Crippen LogP contribution in [0.15, 0.2) is 0 Å². The first-order valence-corrected chi connectivity index (χ1v) is 7.15. The van der Waals surface area contributed by atoms with Gasteiger partial charge in [0.05, 0.1) is 5.92 Å². The van der Waals surface area contributed by atoms with Crippen molar-refractivity contribution in [1.82, 2.24) is 10.6 Å². The molecular weight excluding hydrogens is 244 g/mol. The average molecular weight is 272 g/mol. The molecule has 3 N–H and O–H groups in total. The highest BCUT2D eigenvalue weighted by molar-refractivity contribution is 5.76. The number of amides is 2. The number of unbranched alkanes of at least 4 members (excludes halogenated alkanes) is 2. The molecule has 5 nitrogen and oxygen atoms in total. The van der Waals surface area contributed by atoms with Crippen LogP contribution in [0, 0.1) is 11.8 Å². The molecule has 0 saturated carbocycles. The Kier molecular flexibility index (Phi) is 9.00. The number of hydrogen-bond donors (Lipinski definition) is 3. The highest BCUT2D eigenvalue weighted by Crippen LogP contribution is 2.09. The van der Waals surface area contributed by atoms with Crippen molar-refractivity contribution in [3.05, 3.63) is 0 Å². The van der Waals surface area contributed by atoms with E-state index < -0.39 is 11.9 Å². The summed E-state index contributed by atoms with van der Waals surface area (Å²) in [6, 6.07) is -0.162. The molecule has 2 unspecified atom stereocenters. The van der Waals surface area contributed by atoms with Crippen LogP contribution in [0.1, 0.15) is 53.4 Å². The van der Waals surface area contributed by atoms with E-state index in [1.807, 2.05) is 20.8 Å². The summed E-state index contributed by atoms with van der Waals surface area (Å²) in [5.74, 6) is -1.41. The first-order chi connectivity index (χ1) is 8.88. The van der Waals surface area contributed by atoms with Crippen LogP contribution in [0.2, 0.25) is 0 Å². The van der Waals surface area contributed by atoms with Gasteiger partial charge in [-0.3, -0.25) is 4.79 Å². The van der Waals surface area contributed by atoms with Crippen LogP contribution in [0.3, 0.4) is 0 Å². The van der Waals surface area contributed by atoms with Gasteiger partial charge in [-0.2, -0.15) is 0 Å². The molecule has 0 aromatic rings. The molecule has 2 amide bonds. The monoisotopic (exact) mass is 272 g/mol. The Morgan fingerprint density at radius 2 is 1.79 bits per heavy atom. The zero-order valence-corrected chi connectivity index (χ0v) is 12.5.